The number of carbonyl (C=O) groups is 1. The van der Waals surface area contributed by atoms with Crippen LogP contribution in [-0.4, -0.2) is 106 Å². The minimum absolute atomic E-state index is 0.0803. The van der Waals surface area contributed by atoms with Gasteiger partial charge in [0.15, 0.2) is 17.9 Å². The third-order valence-corrected chi connectivity index (χ3v) is 8.62. The number of rotatable bonds is 13. The number of carbonyl (C=O) groups excluding carboxylic acids is 1. The summed E-state index contributed by atoms with van der Waals surface area (Å²) in [5.74, 6) is 2.64. The summed E-state index contributed by atoms with van der Waals surface area (Å²) in [6, 6.07) is 8.56. The predicted molar refractivity (Wildman–Crippen MR) is 165 cm³/mol. The summed E-state index contributed by atoms with van der Waals surface area (Å²) in [5.41, 5.74) is 2.87. The molecule has 12 nitrogen and oxygen atoms in total. The molecular weight excluding hydrogens is 562 g/mol. The van der Waals surface area contributed by atoms with Crippen LogP contribution in [-0.2, 0) is 24.3 Å². The van der Waals surface area contributed by atoms with Gasteiger partial charge in [0.05, 0.1) is 31.6 Å². The van der Waals surface area contributed by atoms with Crippen molar-refractivity contribution >= 4 is 17.5 Å². The second-order valence-electron chi connectivity index (χ2n) is 12.2. The first-order valence-electron chi connectivity index (χ1n) is 15.7. The fraction of sp³-hybridized carbons (Fsp3) is 0.562. The van der Waals surface area contributed by atoms with Gasteiger partial charge in [0, 0.05) is 64.3 Å². The van der Waals surface area contributed by atoms with E-state index in [-0.39, 0.29) is 18.2 Å². The van der Waals surface area contributed by atoms with Crippen LogP contribution in [0.15, 0.2) is 41.3 Å². The molecule has 3 aliphatic rings. The number of aromatic nitrogens is 3. The van der Waals surface area contributed by atoms with E-state index < -0.39 is 6.10 Å². The van der Waals surface area contributed by atoms with Crippen molar-refractivity contribution in [2.75, 3.05) is 62.7 Å². The first-order chi connectivity index (χ1) is 21.4. The molecule has 0 amide bonds. The number of β-amino-alcohol motifs (C(OH)–C–C–N with tert-alkyl or cyclic N) is 1. The number of aliphatic hydroxyl groups is 1. The molecule has 3 aliphatic heterocycles. The lowest BCUT2D eigenvalue weighted by molar-refractivity contribution is 0.0209. The number of piperazine rings is 1. The molecule has 1 aromatic carbocycles. The van der Waals surface area contributed by atoms with Gasteiger partial charge in [-0.05, 0) is 49.9 Å². The molecule has 0 bridgehead atoms. The third kappa shape index (κ3) is 7.73. The van der Waals surface area contributed by atoms with Crippen molar-refractivity contribution in [2.45, 2.75) is 64.4 Å². The Morgan fingerprint density at radius 3 is 2.68 bits per heavy atom. The predicted octanol–water partition coefficient (Wildman–Crippen LogP) is 2.77. The molecule has 5 heterocycles. The lowest BCUT2D eigenvalue weighted by Gasteiger charge is -2.37. The van der Waals surface area contributed by atoms with Gasteiger partial charge in [-0.1, -0.05) is 6.07 Å². The molecule has 44 heavy (non-hydrogen) atoms. The number of oxazole rings is 1. The van der Waals surface area contributed by atoms with E-state index in [1.807, 2.05) is 6.07 Å². The zero-order valence-corrected chi connectivity index (χ0v) is 25.7. The summed E-state index contributed by atoms with van der Waals surface area (Å²) >= 11 is 0. The highest BCUT2D eigenvalue weighted by Gasteiger charge is 2.25. The fourth-order valence-corrected chi connectivity index (χ4v) is 5.88. The van der Waals surface area contributed by atoms with Crippen LogP contribution in [0.25, 0.3) is 0 Å². The molecule has 236 valence electrons. The Bertz CT molecular complexity index is 1390. The van der Waals surface area contributed by atoms with Gasteiger partial charge in [-0.3, -0.25) is 14.6 Å². The Balaban J connectivity index is 1.02. The Hall–Kier alpha value is -3.58. The maximum absolute atomic E-state index is 13.3. The van der Waals surface area contributed by atoms with Crippen molar-refractivity contribution in [3.63, 3.8) is 0 Å². The van der Waals surface area contributed by atoms with E-state index in [0.717, 1.165) is 51.4 Å². The van der Waals surface area contributed by atoms with E-state index in [1.54, 1.807) is 12.3 Å². The average Bonchev–Trinajstić information content (AvgIpc) is 3.54. The molecule has 2 aromatic heterocycles. The van der Waals surface area contributed by atoms with E-state index in [2.05, 4.69) is 51.0 Å². The number of hydrogen-bond acceptors (Lipinski definition) is 12. The molecule has 0 radical (unpaired) electrons. The van der Waals surface area contributed by atoms with Gasteiger partial charge in [0.1, 0.15) is 23.9 Å². The number of ketones is 1. The van der Waals surface area contributed by atoms with E-state index in [0.29, 0.717) is 62.0 Å². The second kappa shape index (κ2) is 14.0. The number of fused-ring (bicyclic) bond motifs is 1. The topological polar surface area (TPSA) is 129 Å². The Kier molecular flexibility index (Phi) is 9.70. The number of aliphatic hydroxyl groups excluding tert-OH is 1. The summed E-state index contributed by atoms with van der Waals surface area (Å²) in [5, 5.41) is 14.3. The second-order valence-corrected chi connectivity index (χ2v) is 12.2. The molecular formula is C32H43N7O5. The van der Waals surface area contributed by atoms with E-state index >= 15 is 0 Å². The van der Waals surface area contributed by atoms with Crippen LogP contribution >= 0.6 is 0 Å². The molecule has 0 saturated carbocycles. The molecule has 0 spiro atoms. The van der Waals surface area contributed by atoms with Crippen molar-refractivity contribution < 1.29 is 23.8 Å². The Morgan fingerprint density at radius 1 is 1.11 bits per heavy atom. The monoisotopic (exact) mass is 605 g/mol. The van der Waals surface area contributed by atoms with Crippen LogP contribution < -0.4 is 15.0 Å². The Labute approximate surface area is 258 Å². The van der Waals surface area contributed by atoms with Gasteiger partial charge in [-0.2, -0.15) is 4.98 Å². The summed E-state index contributed by atoms with van der Waals surface area (Å²) in [4.78, 5) is 33.6. The number of nitrogens with one attached hydrogen (secondary N) is 1. The molecule has 2 N–H and O–H groups in total. The van der Waals surface area contributed by atoms with Crippen molar-refractivity contribution in [3.8, 4) is 5.75 Å². The number of ether oxygens (including phenoxy) is 2. The van der Waals surface area contributed by atoms with Crippen LogP contribution in [0, 0.1) is 0 Å². The van der Waals surface area contributed by atoms with Gasteiger partial charge in [0.25, 0.3) is 0 Å². The van der Waals surface area contributed by atoms with Crippen molar-refractivity contribution in [3.05, 3.63) is 59.4 Å². The standard InChI is InChI=1S/C32H43N7O5/c1-22(2)38-9-11-39(12-10-38)32-35-29(14-31(36-32)34-25-18-42-19-25)30(41)6-4-26(40)17-37-8-7-23-13-27(5-3-24(23)16-37)43-20-28-15-33-21-44-28/h3,5,13-15,21-22,25-26,40H,4,6-12,16-20H2,1-2H3,(H,34,35,36)/t26-/m0/s1. The fourth-order valence-electron chi connectivity index (χ4n) is 5.88. The highest BCUT2D eigenvalue weighted by molar-refractivity contribution is 5.95. The van der Waals surface area contributed by atoms with Crippen molar-refractivity contribution in [1.82, 2.24) is 24.8 Å². The minimum atomic E-state index is -0.611. The van der Waals surface area contributed by atoms with Gasteiger partial charge in [-0.25, -0.2) is 9.97 Å². The molecule has 2 fully saturated rings. The maximum atomic E-state index is 13.3. The van der Waals surface area contributed by atoms with Crippen LogP contribution in [0.3, 0.4) is 0 Å². The number of hydrogen-bond donors (Lipinski definition) is 2. The van der Waals surface area contributed by atoms with E-state index in [4.69, 9.17) is 23.9 Å². The number of benzene rings is 1. The van der Waals surface area contributed by atoms with Gasteiger partial charge >= 0.3 is 0 Å². The summed E-state index contributed by atoms with van der Waals surface area (Å²) in [6.07, 6.45) is 3.91. The average molecular weight is 606 g/mol. The van der Waals surface area contributed by atoms with Gasteiger partial charge < -0.3 is 29.2 Å². The zero-order valence-electron chi connectivity index (χ0n) is 25.7. The highest BCUT2D eigenvalue weighted by Crippen LogP contribution is 2.25. The highest BCUT2D eigenvalue weighted by atomic mass is 16.5. The van der Waals surface area contributed by atoms with Gasteiger partial charge in [-0.15, -0.1) is 0 Å². The lowest BCUT2D eigenvalue weighted by atomic mass is 9.98. The van der Waals surface area contributed by atoms with Crippen LogP contribution in [0.5, 0.6) is 5.75 Å². The first-order valence-corrected chi connectivity index (χ1v) is 15.7. The number of Topliss-reactive ketones (excluding diaryl/α,β-unsaturated/α-hetero) is 1. The molecule has 12 heteroatoms. The Morgan fingerprint density at radius 2 is 1.95 bits per heavy atom. The number of anilines is 2. The van der Waals surface area contributed by atoms with Gasteiger partial charge in [0.2, 0.25) is 5.95 Å². The first kappa shape index (κ1) is 30.4. The molecule has 0 unspecified atom stereocenters. The van der Waals surface area contributed by atoms with Crippen LogP contribution in [0.2, 0.25) is 0 Å². The number of nitrogens with zero attached hydrogens (tertiary/aromatic N) is 6. The molecule has 0 aliphatic carbocycles. The summed E-state index contributed by atoms with van der Waals surface area (Å²) < 4.78 is 16.4. The summed E-state index contributed by atoms with van der Waals surface area (Å²) in [7, 11) is 0. The quantitative estimate of drug-likeness (QED) is 0.278. The van der Waals surface area contributed by atoms with Crippen LogP contribution in [0.1, 0.15) is 54.1 Å². The molecule has 1 atom stereocenters. The van der Waals surface area contributed by atoms with Crippen LogP contribution in [0.4, 0.5) is 11.8 Å². The van der Waals surface area contributed by atoms with Crippen molar-refractivity contribution in [2.24, 2.45) is 0 Å². The smallest absolute Gasteiger partial charge is 0.228 e. The molecule has 2 saturated heterocycles. The maximum Gasteiger partial charge on any atom is 0.228 e. The third-order valence-electron chi connectivity index (χ3n) is 8.62. The largest absolute Gasteiger partial charge is 0.486 e. The SMILES string of the molecule is CC(C)N1CCN(c2nc(NC3COC3)cc(C(=O)CC[C@H](O)CN3CCc4cc(OCc5cnco5)ccc4C3)n2)CC1. The van der Waals surface area contributed by atoms with Crippen molar-refractivity contribution in [1.29, 1.82) is 0 Å². The normalized spacial score (nSPS) is 18.6. The molecule has 3 aromatic rings. The lowest BCUT2D eigenvalue weighted by Crippen LogP contribution is -2.49. The van der Waals surface area contributed by atoms with E-state index in [9.17, 15) is 9.90 Å². The zero-order chi connectivity index (χ0) is 30.5. The van der Waals surface area contributed by atoms with E-state index in [1.165, 1.54) is 17.5 Å². The minimum Gasteiger partial charge on any atom is -0.486 e. The molecule has 6 rings (SSSR count). The summed E-state index contributed by atoms with van der Waals surface area (Å²) in [6.45, 7) is 11.6.